The molecule has 0 saturated carbocycles. The van der Waals surface area contributed by atoms with E-state index in [4.69, 9.17) is 4.74 Å². The molecular formula is C16H23F2N3O2. The minimum Gasteiger partial charge on any atom is -0.491 e. The average molecular weight is 327 g/mol. The van der Waals surface area contributed by atoms with Gasteiger partial charge in [0, 0.05) is 51.8 Å². The van der Waals surface area contributed by atoms with Crippen molar-refractivity contribution in [2.24, 2.45) is 0 Å². The number of nitrogens with zero attached hydrogens (tertiary/aromatic N) is 1. The highest BCUT2D eigenvalue weighted by Gasteiger charge is 2.09. The number of carbonyl (C=O) groups is 1. The number of hydrogen-bond acceptors (Lipinski definition) is 4. The lowest BCUT2D eigenvalue weighted by Gasteiger charge is -2.27. The third kappa shape index (κ3) is 6.50. The summed E-state index contributed by atoms with van der Waals surface area (Å²) in [5.74, 6) is -1.40. The van der Waals surface area contributed by atoms with E-state index in [0.29, 0.717) is 19.4 Å². The highest BCUT2D eigenvalue weighted by molar-refractivity contribution is 5.75. The molecular weight excluding hydrogens is 304 g/mol. The number of rotatable bonds is 8. The first-order chi connectivity index (χ1) is 11.1. The van der Waals surface area contributed by atoms with Crippen LogP contribution in [-0.2, 0) is 4.79 Å². The van der Waals surface area contributed by atoms with Crippen molar-refractivity contribution in [3.63, 3.8) is 0 Å². The fraction of sp³-hybridized carbons (Fsp3) is 0.562. The third-order valence-corrected chi connectivity index (χ3v) is 3.66. The molecule has 1 saturated heterocycles. The molecule has 0 atom stereocenters. The van der Waals surface area contributed by atoms with Crippen LogP contribution in [0.25, 0.3) is 0 Å². The maximum Gasteiger partial charge on any atom is 0.220 e. The number of amides is 1. The van der Waals surface area contributed by atoms with E-state index in [-0.39, 0.29) is 18.3 Å². The molecule has 0 bridgehead atoms. The molecule has 128 valence electrons. The van der Waals surface area contributed by atoms with E-state index in [9.17, 15) is 13.6 Å². The van der Waals surface area contributed by atoms with E-state index in [1.54, 1.807) is 0 Å². The second kappa shape index (κ2) is 9.42. The van der Waals surface area contributed by atoms with Crippen LogP contribution in [0.2, 0.25) is 0 Å². The van der Waals surface area contributed by atoms with E-state index in [2.05, 4.69) is 15.5 Å². The molecule has 1 aliphatic heterocycles. The smallest absolute Gasteiger partial charge is 0.220 e. The summed E-state index contributed by atoms with van der Waals surface area (Å²) in [5.41, 5.74) is 0. The molecule has 0 aromatic heterocycles. The van der Waals surface area contributed by atoms with Gasteiger partial charge in [-0.3, -0.25) is 9.69 Å². The minimum absolute atomic E-state index is 0.00511. The zero-order valence-corrected chi connectivity index (χ0v) is 13.1. The molecule has 23 heavy (non-hydrogen) atoms. The Morgan fingerprint density at radius 1 is 1.30 bits per heavy atom. The predicted molar refractivity (Wildman–Crippen MR) is 83.4 cm³/mol. The molecule has 1 amide bonds. The normalized spacial score (nSPS) is 15.4. The van der Waals surface area contributed by atoms with E-state index >= 15 is 0 Å². The molecule has 0 aliphatic carbocycles. The fourth-order valence-electron chi connectivity index (χ4n) is 2.38. The van der Waals surface area contributed by atoms with E-state index in [1.807, 2.05) is 0 Å². The quantitative estimate of drug-likeness (QED) is 0.703. The van der Waals surface area contributed by atoms with Crippen LogP contribution in [0, 0.1) is 11.6 Å². The Balaban J connectivity index is 1.54. The van der Waals surface area contributed by atoms with Gasteiger partial charge in [-0.1, -0.05) is 0 Å². The Labute approximate surface area is 135 Å². The Hall–Kier alpha value is -1.73. The summed E-state index contributed by atoms with van der Waals surface area (Å²) in [6, 6.07) is 3.16. The molecule has 1 aromatic carbocycles. The number of nitrogens with one attached hydrogen (secondary N) is 2. The Morgan fingerprint density at radius 2 is 2.09 bits per heavy atom. The zero-order valence-electron chi connectivity index (χ0n) is 13.1. The number of hydrogen-bond donors (Lipinski definition) is 2. The largest absolute Gasteiger partial charge is 0.491 e. The number of piperazine rings is 1. The van der Waals surface area contributed by atoms with Crippen LogP contribution in [0.3, 0.4) is 0 Å². The van der Waals surface area contributed by atoms with Crippen molar-refractivity contribution in [2.45, 2.75) is 12.8 Å². The van der Waals surface area contributed by atoms with Gasteiger partial charge in [0.2, 0.25) is 5.91 Å². The molecule has 0 radical (unpaired) electrons. The molecule has 2 N–H and O–H groups in total. The van der Waals surface area contributed by atoms with Crippen molar-refractivity contribution in [1.82, 2.24) is 15.5 Å². The number of halogens is 2. The van der Waals surface area contributed by atoms with Gasteiger partial charge in [0.15, 0.2) is 11.6 Å². The van der Waals surface area contributed by atoms with E-state index in [0.717, 1.165) is 44.9 Å². The molecule has 1 heterocycles. The van der Waals surface area contributed by atoms with Crippen LogP contribution < -0.4 is 15.4 Å². The molecule has 1 aromatic rings. The van der Waals surface area contributed by atoms with Crippen LogP contribution in [0.4, 0.5) is 8.78 Å². The molecule has 0 unspecified atom stereocenters. The van der Waals surface area contributed by atoms with Gasteiger partial charge in [0.05, 0.1) is 6.61 Å². The molecule has 0 spiro atoms. The van der Waals surface area contributed by atoms with E-state index in [1.165, 1.54) is 6.07 Å². The van der Waals surface area contributed by atoms with Crippen LogP contribution in [0.15, 0.2) is 18.2 Å². The predicted octanol–water partition coefficient (Wildman–Crippen LogP) is 1.15. The highest BCUT2D eigenvalue weighted by Crippen LogP contribution is 2.17. The molecule has 2 rings (SSSR count). The maximum absolute atomic E-state index is 13.3. The first kappa shape index (κ1) is 17.6. The number of ether oxygens (including phenoxy) is 1. The van der Waals surface area contributed by atoms with Crippen molar-refractivity contribution in [1.29, 1.82) is 0 Å². The van der Waals surface area contributed by atoms with Gasteiger partial charge in [0.1, 0.15) is 5.82 Å². The summed E-state index contributed by atoms with van der Waals surface area (Å²) in [6.07, 6.45) is 0.806. The molecule has 1 aliphatic rings. The first-order valence-electron chi connectivity index (χ1n) is 7.93. The third-order valence-electron chi connectivity index (χ3n) is 3.66. The highest BCUT2D eigenvalue weighted by atomic mass is 19.1. The topological polar surface area (TPSA) is 53.6 Å². The Kier molecular flexibility index (Phi) is 7.22. The van der Waals surface area contributed by atoms with Gasteiger partial charge >= 0.3 is 0 Å². The summed E-state index contributed by atoms with van der Waals surface area (Å²) in [5, 5.41) is 6.15. The Morgan fingerprint density at radius 3 is 2.83 bits per heavy atom. The first-order valence-corrected chi connectivity index (χ1v) is 7.93. The molecule has 5 nitrogen and oxygen atoms in total. The van der Waals surface area contributed by atoms with Crippen molar-refractivity contribution < 1.29 is 18.3 Å². The summed E-state index contributed by atoms with van der Waals surface area (Å²) < 4.78 is 31.3. The lowest BCUT2D eigenvalue weighted by Crippen LogP contribution is -2.46. The van der Waals surface area contributed by atoms with Gasteiger partial charge in [0.25, 0.3) is 0 Å². The van der Waals surface area contributed by atoms with Gasteiger partial charge < -0.3 is 15.4 Å². The van der Waals surface area contributed by atoms with Crippen LogP contribution in [0.1, 0.15) is 12.8 Å². The second-order valence-corrected chi connectivity index (χ2v) is 5.47. The minimum atomic E-state index is -0.731. The van der Waals surface area contributed by atoms with Gasteiger partial charge in [-0.05, 0) is 18.6 Å². The van der Waals surface area contributed by atoms with Crippen molar-refractivity contribution in [2.75, 3.05) is 45.9 Å². The lowest BCUT2D eigenvalue weighted by molar-refractivity contribution is -0.121. The van der Waals surface area contributed by atoms with Crippen LogP contribution in [0.5, 0.6) is 5.75 Å². The second-order valence-electron chi connectivity index (χ2n) is 5.47. The van der Waals surface area contributed by atoms with Gasteiger partial charge in [-0.2, -0.15) is 0 Å². The van der Waals surface area contributed by atoms with Crippen molar-refractivity contribution >= 4 is 5.91 Å². The maximum atomic E-state index is 13.3. The van der Waals surface area contributed by atoms with Crippen LogP contribution >= 0.6 is 0 Å². The summed E-state index contributed by atoms with van der Waals surface area (Å²) >= 11 is 0. The van der Waals surface area contributed by atoms with Gasteiger partial charge in [-0.15, -0.1) is 0 Å². The SMILES string of the molecule is O=C(CCCOc1ccc(F)cc1F)NCCN1CCNCC1. The summed E-state index contributed by atoms with van der Waals surface area (Å²) in [7, 11) is 0. The van der Waals surface area contributed by atoms with Crippen molar-refractivity contribution in [3.05, 3.63) is 29.8 Å². The molecule has 1 fully saturated rings. The zero-order chi connectivity index (χ0) is 16.5. The summed E-state index contributed by atoms with van der Waals surface area (Å²) in [4.78, 5) is 14.0. The van der Waals surface area contributed by atoms with Crippen molar-refractivity contribution in [3.8, 4) is 5.75 Å². The van der Waals surface area contributed by atoms with E-state index < -0.39 is 11.6 Å². The number of carbonyl (C=O) groups excluding carboxylic acids is 1. The fourth-order valence-corrected chi connectivity index (χ4v) is 2.38. The van der Waals surface area contributed by atoms with Gasteiger partial charge in [-0.25, -0.2) is 8.78 Å². The Bertz CT molecular complexity index is 508. The average Bonchev–Trinajstić information content (AvgIpc) is 2.54. The monoisotopic (exact) mass is 327 g/mol. The standard InChI is InChI=1S/C16H23F2N3O2/c17-13-3-4-15(14(18)12-13)23-11-1-2-16(22)20-7-10-21-8-5-19-6-9-21/h3-4,12,19H,1-2,5-11H2,(H,20,22). The lowest BCUT2D eigenvalue weighted by atomic mass is 10.3. The summed E-state index contributed by atoms with van der Waals surface area (Å²) in [6.45, 7) is 5.70. The van der Waals surface area contributed by atoms with Crippen LogP contribution in [-0.4, -0.2) is 56.7 Å². The molecule has 7 heteroatoms. The number of benzene rings is 1.